The first-order valence-electron chi connectivity index (χ1n) is 5.42. The summed E-state index contributed by atoms with van der Waals surface area (Å²) >= 11 is 0. The Labute approximate surface area is 108 Å². The summed E-state index contributed by atoms with van der Waals surface area (Å²) in [5.74, 6) is -0.782. The molecule has 0 radical (unpaired) electrons. The Morgan fingerprint density at radius 2 is 2.05 bits per heavy atom. The molecule has 4 nitrogen and oxygen atoms in total. The van der Waals surface area contributed by atoms with Gasteiger partial charge in [-0.15, -0.1) is 0 Å². The Morgan fingerprint density at radius 3 is 2.53 bits per heavy atom. The summed E-state index contributed by atoms with van der Waals surface area (Å²) in [6.45, 7) is 1.79. The van der Waals surface area contributed by atoms with Crippen LogP contribution < -0.4 is 5.73 Å². The van der Waals surface area contributed by atoms with E-state index in [2.05, 4.69) is 0 Å². The second-order valence-electron chi connectivity index (χ2n) is 3.97. The van der Waals surface area contributed by atoms with E-state index >= 15 is 0 Å². The van der Waals surface area contributed by atoms with Gasteiger partial charge in [-0.1, -0.05) is 0 Å². The summed E-state index contributed by atoms with van der Waals surface area (Å²) < 4.78 is 47.0. The molecule has 19 heavy (non-hydrogen) atoms. The monoisotopic (exact) mass is 277 g/mol. The second-order valence-corrected chi connectivity index (χ2v) is 3.97. The second kappa shape index (κ2) is 5.92. The molecule has 7 heteroatoms. The zero-order valence-corrected chi connectivity index (χ0v) is 10.5. The minimum atomic E-state index is -4.50. The molecular weight excluding hydrogens is 263 g/mol. The molecule has 2 N–H and O–H groups in total. The van der Waals surface area contributed by atoms with Gasteiger partial charge in [0, 0.05) is 12.8 Å². The van der Waals surface area contributed by atoms with Crippen molar-refractivity contribution in [2.45, 2.75) is 19.2 Å². The Morgan fingerprint density at radius 1 is 1.42 bits per heavy atom. The van der Waals surface area contributed by atoms with E-state index < -0.39 is 23.8 Å². The summed E-state index contributed by atoms with van der Waals surface area (Å²) in [4.78, 5) is 11.7. The summed E-state index contributed by atoms with van der Waals surface area (Å²) in [6, 6.07) is 2.49. The number of hydrogen-bond donors (Lipinski definition) is 1. The number of benzene rings is 1. The smallest absolute Gasteiger partial charge is 0.416 e. The summed E-state index contributed by atoms with van der Waals surface area (Å²) in [5.41, 5.74) is 4.15. The highest BCUT2D eigenvalue weighted by atomic mass is 19.4. The third-order valence-electron chi connectivity index (χ3n) is 2.31. The summed E-state index contributed by atoms with van der Waals surface area (Å²) in [6.07, 6.45) is -5.01. The van der Waals surface area contributed by atoms with Crippen LogP contribution >= 0.6 is 0 Å². The fourth-order valence-corrected chi connectivity index (χ4v) is 1.44. The first-order valence-corrected chi connectivity index (χ1v) is 5.42. The first kappa shape index (κ1) is 15.3. The SMILES string of the molecule is COCC(C)OC(=O)c1ccc(C(F)(F)F)cc1N. The van der Waals surface area contributed by atoms with Gasteiger partial charge in [-0.2, -0.15) is 13.2 Å². The molecule has 0 aliphatic carbocycles. The molecule has 0 aromatic heterocycles. The largest absolute Gasteiger partial charge is 0.457 e. The van der Waals surface area contributed by atoms with Crippen molar-refractivity contribution in [3.8, 4) is 0 Å². The molecule has 0 saturated carbocycles. The van der Waals surface area contributed by atoms with Crippen molar-refractivity contribution in [2.75, 3.05) is 19.5 Å². The maximum Gasteiger partial charge on any atom is 0.416 e. The van der Waals surface area contributed by atoms with Crippen LogP contribution in [0.5, 0.6) is 0 Å². The number of hydrogen-bond acceptors (Lipinski definition) is 4. The van der Waals surface area contributed by atoms with Crippen molar-refractivity contribution in [1.82, 2.24) is 0 Å². The number of carbonyl (C=O) groups is 1. The molecular formula is C12H14F3NO3. The molecule has 1 rings (SSSR count). The van der Waals surface area contributed by atoms with Crippen LogP contribution in [0.15, 0.2) is 18.2 Å². The maximum atomic E-state index is 12.4. The van der Waals surface area contributed by atoms with Gasteiger partial charge in [0.25, 0.3) is 0 Å². The Balaban J connectivity index is 2.88. The van der Waals surface area contributed by atoms with Gasteiger partial charge in [0.15, 0.2) is 0 Å². The number of carbonyl (C=O) groups excluding carboxylic acids is 1. The number of methoxy groups -OCH3 is 1. The van der Waals surface area contributed by atoms with Gasteiger partial charge < -0.3 is 15.2 Å². The average Bonchev–Trinajstić information content (AvgIpc) is 2.27. The number of nitrogen functional groups attached to an aromatic ring is 1. The number of anilines is 1. The Bertz CT molecular complexity index is 460. The van der Waals surface area contributed by atoms with Gasteiger partial charge in [0.05, 0.1) is 17.7 Å². The van der Waals surface area contributed by atoms with Crippen molar-refractivity contribution >= 4 is 11.7 Å². The van der Waals surface area contributed by atoms with E-state index in [0.29, 0.717) is 6.07 Å². The molecule has 1 aromatic carbocycles. The molecule has 0 amide bonds. The van der Waals surface area contributed by atoms with Crippen molar-refractivity contribution < 1.29 is 27.4 Å². The van der Waals surface area contributed by atoms with Crippen LogP contribution in [0.2, 0.25) is 0 Å². The fourth-order valence-electron chi connectivity index (χ4n) is 1.44. The van der Waals surface area contributed by atoms with Gasteiger partial charge in [-0.05, 0) is 25.1 Å². The number of nitrogens with two attached hydrogens (primary N) is 1. The molecule has 0 aliphatic rings. The molecule has 106 valence electrons. The average molecular weight is 277 g/mol. The van der Waals surface area contributed by atoms with Crippen molar-refractivity contribution in [3.63, 3.8) is 0 Å². The minimum absolute atomic E-state index is 0.101. The zero-order valence-electron chi connectivity index (χ0n) is 10.5. The van der Waals surface area contributed by atoms with Crippen molar-refractivity contribution in [2.24, 2.45) is 0 Å². The van der Waals surface area contributed by atoms with E-state index in [0.717, 1.165) is 12.1 Å². The van der Waals surface area contributed by atoms with Gasteiger partial charge in [-0.3, -0.25) is 0 Å². The first-order chi connectivity index (χ1) is 8.75. The van der Waals surface area contributed by atoms with Gasteiger partial charge >= 0.3 is 12.1 Å². The zero-order chi connectivity index (χ0) is 14.6. The van der Waals surface area contributed by atoms with Crippen LogP contribution in [-0.2, 0) is 15.7 Å². The highest BCUT2D eigenvalue weighted by Gasteiger charge is 2.31. The number of rotatable bonds is 4. The molecule has 0 aliphatic heterocycles. The van der Waals surface area contributed by atoms with E-state index in [1.54, 1.807) is 6.92 Å². The third kappa shape index (κ3) is 4.13. The molecule has 1 unspecified atom stereocenters. The van der Waals surface area contributed by atoms with E-state index in [-0.39, 0.29) is 17.9 Å². The van der Waals surface area contributed by atoms with E-state index in [1.807, 2.05) is 0 Å². The van der Waals surface area contributed by atoms with E-state index in [1.165, 1.54) is 7.11 Å². The molecule has 0 fully saturated rings. The predicted octanol–water partition coefficient (Wildman–Crippen LogP) is 2.48. The van der Waals surface area contributed by atoms with Gasteiger partial charge in [-0.25, -0.2) is 4.79 Å². The van der Waals surface area contributed by atoms with Crippen molar-refractivity contribution in [3.05, 3.63) is 29.3 Å². The normalized spacial score (nSPS) is 13.1. The lowest BCUT2D eigenvalue weighted by Gasteiger charge is -2.14. The molecule has 1 aromatic rings. The Kier molecular flexibility index (Phi) is 4.77. The molecule has 0 spiro atoms. The lowest BCUT2D eigenvalue weighted by molar-refractivity contribution is -0.137. The van der Waals surface area contributed by atoms with Crippen LogP contribution in [0.25, 0.3) is 0 Å². The van der Waals surface area contributed by atoms with Gasteiger partial charge in [0.1, 0.15) is 6.10 Å². The van der Waals surface area contributed by atoms with Crippen molar-refractivity contribution in [1.29, 1.82) is 0 Å². The maximum absolute atomic E-state index is 12.4. The standard InChI is InChI=1S/C12H14F3NO3/c1-7(6-18-2)19-11(17)9-4-3-8(5-10(9)16)12(13,14)15/h3-5,7H,6,16H2,1-2H3. The van der Waals surface area contributed by atoms with Crippen LogP contribution in [0.1, 0.15) is 22.8 Å². The minimum Gasteiger partial charge on any atom is -0.457 e. The van der Waals surface area contributed by atoms with E-state index in [4.69, 9.17) is 15.2 Å². The molecule has 0 heterocycles. The quantitative estimate of drug-likeness (QED) is 0.678. The number of esters is 1. The molecule has 0 saturated heterocycles. The molecule has 1 atom stereocenters. The van der Waals surface area contributed by atoms with Gasteiger partial charge in [0.2, 0.25) is 0 Å². The van der Waals surface area contributed by atoms with E-state index in [9.17, 15) is 18.0 Å². The summed E-state index contributed by atoms with van der Waals surface area (Å²) in [7, 11) is 1.44. The van der Waals surface area contributed by atoms with Crippen LogP contribution in [0, 0.1) is 0 Å². The van der Waals surface area contributed by atoms with Crippen LogP contribution in [0.4, 0.5) is 18.9 Å². The highest BCUT2D eigenvalue weighted by molar-refractivity contribution is 5.95. The number of ether oxygens (including phenoxy) is 2. The number of halogens is 3. The highest BCUT2D eigenvalue weighted by Crippen LogP contribution is 2.31. The lowest BCUT2D eigenvalue weighted by Crippen LogP contribution is -2.20. The van der Waals surface area contributed by atoms with Crippen LogP contribution in [-0.4, -0.2) is 25.8 Å². The molecule has 0 bridgehead atoms. The predicted molar refractivity (Wildman–Crippen MR) is 62.6 cm³/mol. The lowest BCUT2D eigenvalue weighted by atomic mass is 10.1. The Hall–Kier alpha value is -1.76. The summed E-state index contributed by atoms with van der Waals surface area (Å²) in [5, 5.41) is 0. The number of alkyl halides is 3. The topological polar surface area (TPSA) is 61.5 Å². The third-order valence-corrected chi connectivity index (χ3v) is 2.31. The van der Waals surface area contributed by atoms with Crippen LogP contribution in [0.3, 0.4) is 0 Å². The fraction of sp³-hybridized carbons (Fsp3) is 0.417.